The molecule has 5 rings (SSSR count). The Balaban J connectivity index is 1.50. The lowest BCUT2D eigenvalue weighted by Gasteiger charge is -2.35. The van der Waals surface area contributed by atoms with E-state index in [-0.39, 0.29) is 24.0 Å². The summed E-state index contributed by atoms with van der Waals surface area (Å²) < 4.78 is 5.99. The molecule has 0 aromatic heterocycles. The minimum absolute atomic E-state index is 0.179. The smallest absolute Gasteiger partial charge is 0.410 e. The van der Waals surface area contributed by atoms with Crippen LogP contribution in [-0.4, -0.2) is 36.2 Å². The van der Waals surface area contributed by atoms with Gasteiger partial charge < -0.3 is 14.5 Å². The highest BCUT2D eigenvalue weighted by atomic mass is 16.6. The number of carbonyl (C=O) groups excluding carboxylic acids is 1. The van der Waals surface area contributed by atoms with E-state index in [2.05, 4.69) is 72.5 Å². The minimum Gasteiger partial charge on any atom is -0.444 e. The fraction of sp³-hybridized carbons (Fsp3) is 0.314. The standard InChI is InChI=1S/C35H37N3O2/c1-25(31-16-10-14-27-13-8-9-15-32(27)31)38(34(39)40-35(2,3)4)23-29-22-37(30-19-17-26(21-36)18-20-30)24-33(29)28-11-6-5-7-12-28/h5-20,25,29,33H,22-24H2,1-4H3/t25-,29-,33-/m1/s1. The molecule has 0 N–H and O–H groups in total. The molecule has 3 atom stereocenters. The maximum absolute atomic E-state index is 13.8. The molecule has 1 saturated heterocycles. The Morgan fingerprint density at radius 2 is 1.62 bits per heavy atom. The lowest BCUT2D eigenvalue weighted by atomic mass is 9.88. The van der Waals surface area contributed by atoms with Gasteiger partial charge >= 0.3 is 6.09 Å². The summed E-state index contributed by atoms with van der Waals surface area (Å²) in [7, 11) is 0. The van der Waals surface area contributed by atoms with Crippen LogP contribution in [0.4, 0.5) is 10.5 Å². The van der Waals surface area contributed by atoms with E-state index in [1.165, 1.54) is 5.56 Å². The number of rotatable bonds is 6. The highest BCUT2D eigenvalue weighted by Gasteiger charge is 2.38. The number of nitrogens with zero attached hydrogens (tertiary/aromatic N) is 3. The first-order chi connectivity index (χ1) is 19.2. The highest BCUT2D eigenvalue weighted by Crippen LogP contribution is 2.38. The van der Waals surface area contributed by atoms with Crippen LogP contribution in [0.5, 0.6) is 0 Å². The van der Waals surface area contributed by atoms with Crippen LogP contribution in [0.1, 0.15) is 56.3 Å². The van der Waals surface area contributed by atoms with Gasteiger partial charge in [0.2, 0.25) is 0 Å². The summed E-state index contributed by atoms with van der Waals surface area (Å²) >= 11 is 0. The summed E-state index contributed by atoms with van der Waals surface area (Å²) in [5, 5.41) is 11.6. The Morgan fingerprint density at radius 1 is 0.950 bits per heavy atom. The molecule has 4 aromatic rings. The maximum Gasteiger partial charge on any atom is 0.410 e. The molecule has 1 amide bonds. The highest BCUT2D eigenvalue weighted by molar-refractivity contribution is 5.86. The number of hydrogen-bond acceptors (Lipinski definition) is 4. The van der Waals surface area contributed by atoms with Crippen LogP contribution in [0.3, 0.4) is 0 Å². The molecular weight excluding hydrogens is 494 g/mol. The third kappa shape index (κ3) is 5.97. The van der Waals surface area contributed by atoms with Crippen molar-refractivity contribution >= 4 is 22.6 Å². The molecule has 5 heteroatoms. The van der Waals surface area contributed by atoms with E-state index in [4.69, 9.17) is 4.74 Å². The quantitative estimate of drug-likeness (QED) is 0.253. The van der Waals surface area contributed by atoms with Crippen LogP contribution in [0, 0.1) is 17.2 Å². The number of nitriles is 1. The fourth-order valence-electron chi connectivity index (χ4n) is 5.84. The van der Waals surface area contributed by atoms with Gasteiger partial charge in [0.25, 0.3) is 0 Å². The molecule has 0 bridgehead atoms. The molecule has 40 heavy (non-hydrogen) atoms. The van der Waals surface area contributed by atoms with Gasteiger partial charge in [-0.15, -0.1) is 0 Å². The first-order valence-corrected chi connectivity index (χ1v) is 14.0. The van der Waals surface area contributed by atoms with Crippen molar-refractivity contribution in [2.75, 3.05) is 24.5 Å². The number of fused-ring (bicyclic) bond motifs is 1. The first-order valence-electron chi connectivity index (χ1n) is 14.0. The summed E-state index contributed by atoms with van der Waals surface area (Å²) in [5.74, 6) is 0.421. The zero-order valence-electron chi connectivity index (χ0n) is 23.7. The number of amides is 1. The Kier molecular flexibility index (Phi) is 7.80. The molecule has 1 aliphatic heterocycles. The SMILES string of the molecule is C[C@H](c1cccc2ccccc12)N(C[C@H]1CN(c2ccc(C#N)cc2)C[C@@H]1c1ccccc1)C(=O)OC(C)(C)C. The minimum atomic E-state index is -0.600. The van der Waals surface area contributed by atoms with Gasteiger partial charge in [0.15, 0.2) is 0 Å². The molecule has 0 radical (unpaired) electrons. The molecule has 0 spiro atoms. The van der Waals surface area contributed by atoms with Crippen LogP contribution >= 0.6 is 0 Å². The lowest BCUT2D eigenvalue weighted by molar-refractivity contribution is 0.0140. The molecule has 0 saturated carbocycles. The second-order valence-electron chi connectivity index (χ2n) is 11.7. The average molecular weight is 532 g/mol. The Morgan fingerprint density at radius 3 is 2.33 bits per heavy atom. The van der Waals surface area contributed by atoms with Gasteiger partial charge in [-0.25, -0.2) is 4.79 Å². The van der Waals surface area contributed by atoms with Crippen molar-refractivity contribution in [1.29, 1.82) is 5.26 Å². The van der Waals surface area contributed by atoms with Crippen LogP contribution in [0.2, 0.25) is 0 Å². The van der Waals surface area contributed by atoms with Gasteiger partial charge in [-0.2, -0.15) is 5.26 Å². The zero-order chi connectivity index (χ0) is 28.3. The fourth-order valence-corrected chi connectivity index (χ4v) is 5.84. The summed E-state index contributed by atoms with van der Waals surface area (Å²) in [6.07, 6.45) is -0.295. The lowest BCUT2D eigenvalue weighted by Crippen LogP contribution is -2.42. The van der Waals surface area contributed by atoms with Crippen molar-refractivity contribution in [3.05, 3.63) is 114 Å². The summed E-state index contributed by atoms with van der Waals surface area (Å²) in [5.41, 5.74) is 3.52. The Labute approximate surface area is 237 Å². The topological polar surface area (TPSA) is 56.6 Å². The van der Waals surface area contributed by atoms with Crippen molar-refractivity contribution in [3.8, 4) is 6.07 Å². The number of carbonyl (C=O) groups is 1. The van der Waals surface area contributed by atoms with Gasteiger partial charge in [-0.3, -0.25) is 0 Å². The van der Waals surface area contributed by atoms with E-state index in [1.54, 1.807) is 0 Å². The first kappa shape index (κ1) is 27.3. The third-order valence-corrected chi connectivity index (χ3v) is 7.83. The van der Waals surface area contributed by atoms with Crippen molar-refractivity contribution in [2.24, 2.45) is 5.92 Å². The van der Waals surface area contributed by atoms with Gasteiger partial charge in [0.05, 0.1) is 17.7 Å². The number of benzene rings is 4. The third-order valence-electron chi connectivity index (χ3n) is 7.83. The van der Waals surface area contributed by atoms with E-state index in [1.807, 2.05) is 68.1 Å². The predicted molar refractivity (Wildman–Crippen MR) is 161 cm³/mol. The summed E-state index contributed by atoms with van der Waals surface area (Å²) in [6.45, 7) is 10.1. The molecule has 0 unspecified atom stereocenters. The van der Waals surface area contributed by atoms with E-state index in [0.717, 1.165) is 35.1 Å². The van der Waals surface area contributed by atoms with E-state index in [0.29, 0.717) is 12.1 Å². The second-order valence-corrected chi connectivity index (χ2v) is 11.7. The second kappa shape index (κ2) is 11.4. The zero-order valence-corrected chi connectivity index (χ0v) is 23.7. The monoisotopic (exact) mass is 531 g/mol. The van der Waals surface area contributed by atoms with E-state index >= 15 is 0 Å². The van der Waals surface area contributed by atoms with Crippen molar-refractivity contribution in [2.45, 2.75) is 45.3 Å². The van der Waals surface area contributed by atoms with Gasteiger partial charge in [-0.1, -0.05) is 72.8 Å². The number of hydrogen-bond donors (Lipinski definition) is 0. The Hall–Kier alpha value is -4.30. The van der Waals surface area contributed by atoms with Crippen molar-refractivity contribution in [3.63, 3.8) is 0 Å². The van der Waals surface area contributed by atoms with Crippen molar-refractivity contribution in [1.82, 2.24) is 4.90 Å². The average Bonchev–Trinajstić information content (AvgIpc) is 3.39. The van der Waals surface area contributed by atoms with Crippen LogP contribution < -0.4 is 4.90 Å². The van der Waals surface area contributed by atoms with E-state index in [9.17, 15) is 10.1 Å². The Bertz CT molecular complexity index is 1500. The molecule has 1 fully saturated rings. The van der Waals surface area contributed by atoms with Crippen LogP contribution in [0.25, 0.3) is 10.8 Å². The summed E-state index contributed by atoms with van der Waals surface area (Å²) in [6, 6.07) is 35.0. The number of ether oxygens (including phenoxy) is 1. The van der Waals surface area contributed by atoms with Crippen molar-refractivity contribution < 1.29 is 9.53 Å². The molecule has 1 aliphatic rings. The molecule has 5 nitrogen and oxygen atoms in total. The van der Waals surface area contributed by atoms with Crippen LogP contribution in [0.15, 0.2) is 97.1 Å². The molecule has 0 aliphatic carbocycles. The molecular formula is C35H37N3O2. The molecule has 4 aromatic carbocycles. The van der Waals surface area contributed by atoms with E-state index < -0.39 is 5.60 Å². The van der Waals surface area contributed by atoms with Gasteiger partial charge in [-0.05, 0) is 73.9 Å². The normalized spacial score (nSPS) is 17.8. The van der Waals surface area contributed by atoms with Crippen LogP contribution in [-0.2, 0) is 4.74 Å². The number of anilines is 1. The van der Waals surface area contributed by atoms with Gasteiger partial charge in [0.1, 0.15) is 5.60 Å². The summed E-state index contributed by atoms with van der Waals surface area (Å²) in [4.78, 5) is 18.1. The predicted octanol–water partition coefficient (Wildman–Crippen LogP) is 7.93. The molecule has 204 valence electrons. The van der Waals surface area contributed by atoms with Gasteiger partial charge in [0, 0.05) is 37.2 Å². The molecule has 1 heterocycles. The maximum atomic E-state index is 13.8. The largest absolute Gasteiger partial charge is 0.444 e.